The molecule has 0 spiro atoms. The highest BCUT2D eigenvalue weighted by molar-refractivity contribution is 5.15. The van der Waals surface area contributed by atoms with Crippen LogP contribution in [0.25, 0.3) is 0 Å². The van der Waals surface area contributed by atoms with E-state index in [2.05, 4.69) is 10.2 Å². The first kappa shape index (κ1) is 13.1. The summed E-state index contributed by atoms with van der Waals surface area (Å²) in [5.74, 6) is 0.724. The van der Waals surface area contributed by atoms with Gasteiger partial charge in [-0.1, -0.05) is 12.1 Å². The third kappa shape index (κ3) is 3.34. The molecule has 0 bridgehead atoms. The molecule has 0 radical (unpaired) electrons. The predicted octanol–water partition coefficient (Wildman–Crippen LogP) is 2.79. The van der Waals surface area contributed by atoms with Crippen molar-refractivity contribution in [1.82, 2.24) is 10.2 Å². The van der Waals surface area contributed by atoms with Crippen LogP contribution in [0.5, 0.6) is 0 Å². The van der Waals surface area contributed by atoms with Crippen molar-refractivity contribution in [3.05, 3.63) is 35.6 Å². The molecule has 1 aromatic carbocycles. The normalized spacial score (nSPS) is 25.8. The fraction of sp³-hybridized carbons (Fsp3) is 0.625. The molecule has 104 valence electrons. The summed E-state index contributed by atoms with van der Waals surface area (Å²) in [5.41, 5.74) is 1.22. The van der Waals surface area contributed by atoms with Gasteiger partial charge < -0.3 is 5.32 Å². The van der Waals surface area contributed by atoms with Gasteiger partial charge in [0.15, 0.2) is 0 Å². The third-order valence-electron chi connectivity index (χ3n) is 4.62. The zero-order chi connectivity index (χ0) is 13.1. The summed E-state index contributed by atoms with van der Waals surface area (Å²) in [6, 6.07) is 7.70. The van der Waals surface area contributed by atoms with Gasteiger partial charge in [0.1, 0.15) is 5.82 Å². The van der Waals surface area contributed by atoms with Crippen molar-refractivity contribution >= 4 is 0 Å². The van der Waals surface area contributed by atoms with E-state index < -0.39 is 0 Å². The van der Waals surface area contributed by atoms with Crippen molar-refractivity contribution in [2.24, 2.45) is 5.92 Å². The lowest BCUT2D eigenvalue weighted by Gasteiger charge is -2.34. The first-order valence-corrected chi connectivity index (χ1v) is 7.51. The maximum Gasteiger partial charge on any atom is 0.123 e. The summed E-state index contributed by atoms with van der Waals surface area (Å²) in [5, 5.41) is 3.64. The van der Waals surface area contributed by atoms with Crippen LogP contribution in [0.4, 0.5) is 4.39 Å². The Bertz CT molecular complexity index is 390. The molecule has 19 heavy (non-hydrogen) atoms. The van der Waals surface area contributed by atoms with Gasteiger partial charge in [0, 0.05) is 12.6 Å². The van der Waals surface area contributed by atoms with Crippen LogP contribution in [-0.4, -0.2) is 30.6 Å². The molecule has 2 aliphatic rings. The number of nitrogens with one attached hydrogen (secondary N) is 1. The monoisotopic (exact) mass is 262 g/mol. The number of nitrogens with zero attached hydrogens (tertiary/aromatic N) is 1. The molecule has 0 saturated carbocycles. The SMILES string of the molecule is Fc1ccc(CN2CCC(C3CCCN3)CC2)cc1. The van der Waals surface area contributed by atoms with Crippen molar-refractivity contribution in [3.63, 3.8) is 0 Å². The van der Waals surface area contributed by atoms with E-state index in [1.807, 2.05) is 12.1 Å². The number of hydrogen-bond acceptors (Lipinski definition) is 2. The van der Waals surface area contributed by atoms with Gasteiger partial charge in [0.25, 0.3) is 0 Å². The molecule has 0 aromatic heterocycles. The van der Waals surface area contributed by atoms with Crippen molar-refractivity contribution in [3.8, 4) is 0 Å². The van der Waals surface area contributed by atoms with Gasteiger partial charge >= 0.3 is 0 Å². The van der Waals surface area contributed by atoms with Crippen LogP contribution in [0.15, 0.2) is 24.3 Å². The number of likely N-dealkylation sites (tertiary alicyclic amines) is 1. The summed E-state index contributed by atoms with van der Waals surface area (Å²) in [6.07, 6.45) is 5.32. The minimum atomic E-state index is -0.144. The summed E-state index contributed by atoms with van der Waals surface area (Å²) >= 11 is 0. The first-order valence-electron chi connectivity index (χ1n) is 7.51. The predicted molar refractivity (Wildman–Crippen MR) is 75.4 cm³/mol. The Morgan fingerprint density at radius 3 is 2.47 bits per heavy atom. The number of benzene rings is 1. The minimum absolute atomic E-state index is 0.144. The first-order chi connectivity index (χ1) is 9.31. The zero-order valence-corrected chi connectivity index (χ0v) is 11.4. The Morgan fingerprint density at radius 1 is 1.11 bits per heavy atom. The Morgan fingerprint density at radius 2 is 1.84 bits per heavy atom. The van der Waals surface area contributed by atoms with Crippen LogP contribution < -0.4 is 5.32 Å². The average Bonchev–Trinajstić information content (AvgIpc) is 2.96. The summed E-state index contributed by atoms with van der Waals surface area (Å²) in [4.78, 5) is 2.50. The van der Waals surface area contributed by atoms with Crippen LogP contribution in [-0.2, 0) is 6.54 Å². The summed E-state index contributed by atoms with van der Waals surface area (Å²) in [7, 11) is 0. The molecule has 2 heterocycles. The van der Waals surface area contributed by atoms with Gasteiger partial charge in [0.05, 0.1) is 0 Å². The molecule has 2 aliphatic heterocycles. The molecule has 0 amide bonds. The van der Waals surface area contributed by atoms with Crippen LogP contribution >= 0.6 is 0 Å². The van der Waals surface area contributed by atoms with Gasteiger partial charge in [-0.2, -0.15) is 0 Å². The van der Waals surface area contributed by atoms with E-state index in [4.69, 9.17) is 0 Å². The fourth-order valence-electron chi connectivity index (χ4n) is 3.48. The summed E-state index contributed by atoms with van der Waals surface area (Å²) in [6.45, 7) is 4.53. The van der Waals surface area contributed by atoms with Crippen LogP contribution in [0.2, 0.25) is 0 Å². The van der Waals surface area contributed by atoms with Gasteiger partial charge in [-0.15, -0.1) is 0 Å². The molecular formula is C16H23FN2. The number of hydrogen-bond donors (Lipinski definition) is 1. The molecular weight excluding hydrogens is 239 g/mol. The fourth-order valence-corrected chi connectivity index (χ4v) is 3.48. The number of piperidine rings is 1. The molecule has 1 N–H and O–H groups in total. The van der Waals surface area contributed by atoms with Crippen LogP contribution in [0.1, 0.15) is 31.2 Å². The van der Waals surface area contributed by atoms with Crippen molar-refractivity contribution in [1.29, 1.82) is 0 Å². The van der Waals surface area contributed by atoms with Crippen LogP contribution in [0, 0.1) is 11.7 Å². The zero-order valence-electron chi connectivity index (χ0n) is 11.4. The van der Waals surface area contributed by atoms with E-state index in [9.17, 15) is 4.39 Å². The number of rotatable bonds is 3. The van der Waals surface area contributed by atoms with Crippen LogP contribution in [0.3, 0.4) is 0 Å². The molecule has 2 saturated heterocycles. The third-order valence-corrected chi connectivity index (χ3v) is 4.62. The molecule has 3 rings (SSSR count). The maximum atomic E-state index is 12.9. The van der Waals surface area contributed by atoms with Gasteiger partial charge in [-0.05, 0) is 68.9 Å². The highest BCUT2D eigenvalue weighted by Gasteiger charge is 2.28. The lowest BCUT2D eigenvalue weighted by Crippen LogP contribution is -2.40. The molecule has 1 atom stereocenters. The van der Waals surface area contributed by atoms with Gasteiger partial charge in [0.2, 0.25) is 0 Å². The minimum Gasteiger partial charge on any atom is -0.314 e. The second-order valence-corrected chi connectivity index (χ2v) is 5.94. The lowest BCUT2D eigenvalue weighted by molar-refractivity contribution is 0.157. The molecule has 0 aliphatic carbocycles. The molecule has 3 heteroatoms. The quantitative estimate of drug-likeness (QED) is 0.901. The number of halogens is 1. The van der Waals surface area contributed by atoms with E-state index >= 15 is 0 Å². The molecule has 1 aromatic rings. The Balaban J connectivity index is 1.48. The van der Waals surface area contributed by atoms with Crippen molar-refractivity contribution in [2.75, 3.05) is 19.6 Å². The lowest BCUT2D eigenvalue weighted by atomic mass is 9.88. The summed E-state index contributed by atoms with van der Waals surface area (Å²) < 4.78 is 12.9. The molecule has 2 nitrogen and oxygen atoms in total. The van der Waals surface area contributed by atoms with E-state index in [0.29, 0.717) is 0 Å². The molecule has 1 unspecified atom stereocenters. The van der Waals surface area contributed by atoms with Gasteiger partial charge in [-0.25, -0.2) is 4.39 Å². The second kappa shape index (κ2) is 6.02. The Labute approximate surface area is 115 Å². The van der Waals surface area contributed by atoms with E-state index in [0.717, 1.165) is 18.5 Å². The van der Waals surface area contributed by atoms with Crippen molar-refractivity contribution < 1.29 is 4.39 Å². The largest absolute Gasteiger partial charge is 0.314 e. The highest BCUT2D eigenvalue weighted by Crippen LogP contribution is 2.26. The maximum absolute atomic E-state index is 12.9. The van der Waals surface area contributed by atoms with Crippen molar-refractivity contribution in [2.45, 2.75) is 38.3 Å². The van der Waals surface area contributed by atoms with Gasteiger partial charge in [-0.3, -0.25) is 4.90 Å². The van der Waals surface area contributed by atoms with E-state index in [-0.39, 0.29) is 5.82 Å². The standard InChI is InChI=1S/C16H23FN2/c17-15-5-3-13(4-6-15)12-19-10-7-14(8-11-19)16-2-1-9-18-16/h3-6,14,16,18H,1-2,7-12H2. The molecule has 2 fully saturated rings. The van der Waals surface area contributed by atoms with E-state index in [1.165, 1.54) is 50.9 Å². The average molecular weight is 262 g/mol. The Kier molecular flexibility index (Phi) is 4.14. The smallest absolute Gasteiger partial charge is 0.123 e. The second-order valence-electron chi connectivity index (χ2n) is 5.94. The topological polar surface area (TPSA) is 15.3 Å². The van der Waals surface area contributed by atoms with E-state index in [1.54, 1.807) is 12.1 Å². The Hall–Kier alpha value is -0.930. The highest BCUT2D eigenvalue weighted by atomic mass is 19.1.